The van der Waals surface area contributed by atoms with Gasteiger partial charge in [0.2, 0.25) is 0 Å². The molecule has 1 saturated heterocycles. The molecule has 0 saturated carbocycles. The van der Waals surface area contributed by atoms with Gasteiger partial charge in [-0.1, -0.05) is 12.1 Å². The van der Waals surface area contributed by atoms with E-state index >= 15 is 0 Å². The van der Waals surface area contributed by atoms with Gasteiger partial charge in [0.25, 0.3) is 0 Å². The summed E-state index contributed by atoms with van der Waals surface area (Å²) in [5.41, 5.74) is 1.54. The van der Waals surface area contributed by atoms with E-state index in [4.69, 9.17) is 4.74 Å². The zero-order valence-electron chi connectivity index (χ0n) is 10.4. The highest BCUT2D eigenvalue weighted by atomic mass is 16.5. The molecule has 1 aliphatic rings. The molecule has 0 bridgehead atoms. The Morgan fingerprint density at radius 1 is 1.33 bits per heavy atom. The molecule has 1 fully saturated rings. The topological polar surface area (TPSA) is 50.8 Å². The van der Waals surface area contributed by atoms with Crippen LogP contribution in [-0.2, 0) is 17.2 Å². The number of nitrogens with zero attached hydrogens (tertiary/aromatic N) is 3. The summed E-state index contributed by atoms with van der Waals surface area (Å²) in [6.45, 7) is 1.27. The second-order valence-corrected chi connectivity index (χ2v) is 4.79. The molecule has 18 heavy (non-hydrogen) atoms. The summed E-state index contributed by atoms with van der Waals surface area (Å²) in [6.07, 6.45) is 1.45. The first-order valence-electron chi connectivity index (χ1n) is 6.18. The Balaban J connectivity index is 2.18. The number of hydrogen-bond acceptors (Lipinski definition) is 3. The number of aromatic nitrogens is 2. The van der Waals surface area contributed by atoms with E-state index in [1.807, 2.05) is 35.9 Å². The average Bonchev–Trinajstić information content (AvgIpc) is 2.78. The molecule has 0 radical (unpaired) electrons. The first kappa shape index (κ1) is 11.2. The van der Waals surface area contributed by atoms with Crippen LogP contribution in [0.2, 0.25) is 0 Å². The van der Waals surface area contributed by atoms with Crippen LogP contribution in [0.25, 0.3) is 11.0 Å². The molecule has 1 aliphatic heterocycles. The maximum absolute atomic E-state index is 9.59. The van der Waals surface area contributed by atoms with Gasteiger partial charge in [0.15, 0.2) is 0 Å². The van der Waals surface area contributed by atoms with E-state index in [9.17, 15) is 5.26 Å². The van der Waals surface area contributed by atoms with E-state index in [1.54, 1.807) is 0 Å². The molecule has 92 valence electrons. The summed E-state index contributed by atoms with van der Waals surface area (Å²) >= 11 is 0. The van der Waals surface area contributed by atoms with E-state index in [2.05, 4.69) is 11.1 Å². The Morgan fingerprint density at radius 3 is 2.72 bits per heavy atom. The van der Waals surface area contributed by atoms with Crippen molar-refractivity contribution >= 4 is 11.0 Å². The van der Waals surface area contributed by atoms with Crippen molar-refractivity contribution in [3.63, 3.8) is 0 Å². The maximum Gasteiger partial charge on any atom is 0.130 e. The SMILES string of the molecule is Cn1c(C2(C#N)CCOCC2)nc2ccccc21. The molecule has 0 unspecified atom stereocenters. The van der Waals surface area contributed by atoms with Crippen LogP contribution >= 0.6 is 0 Å². The first-order valence-corrected chi connectivity index (χ1v) is 6.18. The van der Waals surface area contributed by atoms with Crippen molar-refractivity contribution in [1.29, 1.82) is 5.26 Å². The van der Waals surface area contributed by atoms with Gasteiger partial charge in [-0.3, -0.25) is 0 Å². The number of benzene rings is 1. The molecule has 2 aromatic rings. The number of hydrogen-bond donors (Lipinski definition) is 0. The minimum absolute atomic E-state index is 0.494. The molecule has 1 aromatic carbocycles. The lowest BCUT2D eigenvalue weighted by molar-refractivity contribution is 0.0644. The fourth-order valence-electron chi connectivity index (χ4n) is 2.68. The molecule has 2 heterocycles. The summed E-state index contributed by atoms with van der Waals surface area (Å²) in [7, 11) is 1.99. The van der Waals surface area contributed by atoms with Gasteiger partial charge >= 0.3 is 0 Å². The highest BCUT2D eigenvalue weighted by Gasteiger charge is 2.38. The van der Waals surface area contributed by atoms with Crippen LogP contribution in [0.15, 0.2) is 24.3 Å². The lowest BCUT2D eigenvalue weighted by Gasteiger charge is -2.29. The van der Waals surface area contributed by atoms with Crippen molar-refractivity contribution in [2.24, 2.45) is 7.05 Å². The van der Waals surface area contributed by atoms with Gasteiger partial charge in [-0.2, -0.15) is 5.26 Å². The third-order valence-corrected chi connectivity index (χ3v) is 3.78. The summed E-state index contributed by atoms with van der Waals surface area (Å²) in [5, 5.41) is 9.59. The monoisotopic (exact) mass is 241 g/mol. The number of fused-ring (bicyclic) bond motifs is 1. The van der Waals surface area contributed by atoms with E-state index in [1.165, 1.54) is 0 Å². The smallest absolute Gasteiger partial charge is 0.130 e. The Morgan fingerprint density at radius 2 is 2.06 bits per heavy atom. The largest absolute Gasteiger partial charge is 0.381 e. The predicted molar refractivity (Wildman–Crippen MR) is 68.1 cm³/mol. The first-order chi connectivity index (χ1) is 8.77. The molecule has 4 heteroatoms. The fraction of sp³-hybridized carbons (Fsp3) is 0.429. The summed E-state index contributed by atoms with van der Waals surface area (Å²) in [6, 6.07) is 10.5. The van der Waals surface area contributed by atoms with E-state index < -0.39 is 5.41 Å². The van der Waals surface area contributed by atoms with Gasteiger partial charge in [-0.25, -0.2) is 4.98 Å². The highest BCUT2D eigenvalue weighted by molar-refractivity contribution is 5.76. The normalized spacial score (nSPS) is 18.7. The summed E-state index contributed by atoms with van der Waals surface area (Å²) in [5.74, 6) is 0.870. The predicted octanol–water partition coefficient (Wildman–Crippen LogP) is 2.15. The van der Waals surface area contributed by atoms with Gasteiger partial charge in [-0.15, -0.1) is 0 Å². The third-order valence-electron chi connectivity index (χ3n) is 3.78. The third kappa shape index (κ3) is 1.52. The number of imidazole rings is 1. The molecule has 0 spiro atoms. The van der Waals surface area contributed by atoms with Gasteiger partial charge in [0.1, 0.15) is 11.2 Å². The minimum atomic E-state index is -0.494. The van der Waals surface area contributed by atoms with Crippen LogP contribution < -0.4 is 0 Å². The van der Waals surface area contributed by atoms with Crippen molar-refractivity contribution in [2.75, 3.05) is 13.2 Å². The standard InChI is InChI=1S/C14H15N3O/c1-17-12-5-3-2-4-11(12)16-13(17)14(10-15)6-8-18-9-7-14/h2-5H,6-9H2,1H3. The number of para-hydroxylation sites is 2. The van der Waals surface area contributed by atoms with Gasteiger partial charge in [-0.05, 0) is 25.0 Å². The van der Waals surface area contributed by atoms with Crippen LogP contribution in [0.5, 0.6) is 0 Å². The summed E-state index contributed by atoms with van der Waals surface area (Å²) < 4.78 is 7.42. The zero-order chi connectivity index (χ0) is 12.6. The van der Waals surface area contributed by atoms with Crippen LogP contribution in [-0.4, -0.2) is 22.8 Å². The number of aryl methyl sites for hydroxylation is 1. The molecule has 4 nitrogen and oxygen atoms in total. The zero-order valence-corrected chi connectivity index (χ0v) is 10.4. The molecule has 0 amide bonds. The van der Waals surface area contributed by atoms with Crippen LogP contribution in [0.1, 0.15) is 18.7 Å². The Labute approximate surface area is 106 Å². The molecule has 0 N–H and O–H groups in total. The van der Waals surface area contributed by atoms with Crippen LogP contribution in [0.3, 0.4) is 0 Å². The lowest BCUT2D eigenvalue weighted by Crippen LogP contribution is -2.34. The van der Waals surface area contributed by atoms with Crippen molar-refractivity contribution in [3.8, 4) is 6.07 Å². The summed E-state index contributed by atoms with van der Waals surface area (Å²) in [4.78, 5) is 4.66. The van der Waals surface area contributed by atoms with Crippen molar-refractivity contribution in [2.45, 2.75) is 18.3 Å². The van der Waals surface area contributed by atoms with Crippen LogP contribution in [0, 0.1) is 11.3 Å². The van der Waals surface area contributed by atoms with Gasteiger partial charge in [0, 0.05) is 20.3 Å². The Hall–Kier alpha value is -1.86. The van der Waals surface area contributed by atoms with Crippen molar-refractivity contribution in [3.05, 3.63) is 30.1 Å². The molecule has 1 aromatic heterocycles. The number of nitriles is 1. The van der Waals surface area contributed by atoms with Gasteiger partial charge in [0.05, 0.1) is 17.1 Å². The maximum atomic E-state index is 9.59. The highest BCUT2D eigenvalue weighted by Crippen LogP contribution is 2.34. The fourth-order valence-corrected chi connectivity index (χ4v) is 2.68. The number of ether oxygens (including phenoxy) is 1. The molecular weight excluding hydrogens is 226 g/mol. The van der Waals surface area contributed by atoms with Gasteiger partial charge < -0.3 is 9.30 Å². The second kappa shape index (κ2) is 4.11. The Kier molecular flexibility index (Phi) is 2.57. The van der Waals surface area contributed by atoms with E-state index in [-0.39, 0.29) is 0 Å². The molecule has 0 atom stereocenters. The number of rotatable bonds is 1. The minimum Gasteiger partial charge on any atom is -0.381 e. The second-order valence-electron chi connectivity index (χ2n) is 4.79. The van der Waals surface area contributed by atoms with E-state index in [0.717, 1.165) is 29.7 Å². The lowest BCUT2D eigenvalue weighted by atomic mass is 9.81. The van der Waals surface area contributed by atoms with Crippen molar-refractivity contribution < 1.29 is 4.74 Å². The van der Waals surface area contributed by atoms with Crippen LogP contribution in [0.4, 0.5) is 0 Å². The van der Waals surface area contributed by atoms with Crippen molar-refractivity contribution in [1.82, 2.24) is 9.55 Å². The molecular formula is C14H15N3O. The van der Waals surface area contributed by atoms with E-state index in [0.29, 0.717) is 13.2 Å². The quantitative estimate of drug-likeness (QED) is 0.768. The molecule has 0 aliphatic carbocycles. The Bertz CT molecular complexity index is 617. The molecule has 3 rings (SSSR count). The average molecular weight is 241 g/mol.